The first-order chi connectivity index (χ1) is 12.5. The third-order valence-corrected chi connectivity index (χ3v) is 6.80. The van der Waals surface area contributed by atoms with Gasteiger partial charge in [0.15, 0.2) is 0 Å². The summed E-state index contributed by atoms with van der Waals surface area (Å²) < 4.78 is 0. The average molecular weight is 367 g/mol. The van der Waals surface area contributed by atoms with Crippen LogP contribution in [0.15, 0.2) is 86.0 Å². The first-order valence-electron chi connectivity index (χ1n) is 8.68. The molecule has 0 saturated heterocycles. The van der Waals surface area contributed by atoms with E-state index < -0.39 is 0 Å². The van der Waals surface area contributed by atoms with Crippen molar-refractivity contribution in [3.05, 3.63) is 108 Å². The van der Waals surface area contributed by atoms with E-state index in [1.54, 1.807) is 0 Å². The Hall–Kier alpha value is -2.43. The molecule has 2 heteroatoms. The molecule has 26 heavy (non-hydrogen) atoms. The fraction of sp³-hybridized carbons (Fsp3) is 0.0833. The lowest BCUT2D eigenvalue weighted by molar-refractivity contribution is 1.44. The Bertz CT molecular complexity index is 858. The van der Waals surface area contributed by atoms with Crippen molar-refractivity contribution < 1.29 is 0 Å². The molecule has 126 valence electrons. The van der Waals surface area contributed by atoms with Crippen molar-refractivity contribution in [2.24, 2.45) is 0 Å². The van der Waals surface area contributed by atoms with Gasteiger partial charge in [0.2, 0.25) is 0 Å². The molecule has 0 fully saturated rings. The Balaban J connectivity index is 1.67. The van der Waals surface area contributed by atoms with Crippen molar-refractivity contribution in [1.29, 1.82) is 0 Å². The molecule has 0 aliphatic rings. The monoisotopic (exact) mass is 366 g/mol. The van der Waals surface area contributed by atoms with Gasteiger partial charge in [-0.15, -0.1) is 0 Å². The quantitative estimate of drug-likeness (QED) is 0.571. The van der Waals surface area contributed by atoms with Gasteiger partial charge in [-0.3, -0.25) is 0 Å². The maximum atomic E-state index is 4.30. The molecule has 0 saturated carbocycles. The lowest BCUT2D eigenvalue weighted by Crippen LogP contribution is -2.21. The van der Waals surface area contributed by atoms with Crippen molar-refractivity contribution in [2.45, 2.75) is 13.8 Å². The fourth-order valence-corrected chi connectivity index (χ4v) is 5.14. The third kappa shape index (κ3) is 4.40. The number of rotatable bonds is 6. The smallest absolute Gasteiger partial charge is 0.0993 e. The number of hydrogen-bond donors (Lipinski definition) is 0. The summed E-state index contributed by atoms with van der Waals surface area (Å²) in [6.45, 7) is 12.9. The van der Waals surface area contributed by atoms with Crippen molar-refractivity contribution >= 4 is 39.8 Å². The molecule has 0 aliphatic carbocycles. The first-order valence-corrected chi connectivity index (χ1v) is 10.7. The number of aryl methyl sites for hydroxylation is 2. The Morgan fingerprint density at radius 1 is 0.577 bits per heavy atom. The van der Waals surface area contributed by atoms with Gasteiger partial charge < -0.3 is 0 Å². The van der Waals surface area contributed by atoms with Gasteiger partial charge in [-0.25, -0.2) is 0 Å². The number of hydrogen-bond acceptors (Lipinski definition) is 0. The third-order valence-electron chi connectivity index (χ3n) is 4.42. The molecule has 0 amide bonds. The molecule has 0 unspecified atom stereocenters. The van der Waals surface area contributed by atoms with Crippen molar-refractivity contribution in [1.82, 2.24) is 0 Å². The van der Waals surface area contributed by atoms with Crippen LogP contribution in [0.4, 0.5) is 0 Å². The highest BCUT2D eigenvalue weighted by molar-refractivity contribution is 6.74. The summed E-state index contributed by atoms with van der Waals surface area (Å²) in [6.07, 6.45) is 0. The van der Waals surface area contributed by atoms with Crippen LogP contribution in [0.2, 0.25) is 0 Å². The van der Waals surface area contributed by atoms with E-state index in [0.717, 1.165) is 0 Å². The minimum atomic E-state index is 0.601. The molecule has 0 heterocycles. The second-order valence-electron chi connectivity index (χ2n) is 6.41. The zero-order valence-electron chi connectivity index (χ0n) is 15.3. The lowest BCUT2D eigenvalue weighted by atomic mass is 10.1. The van der Waals surface area contributed by atoms with Gasteiger partial charge in [0, 0.05) is 0 Å². The van der Waals surface area contributed by atoms with Crippen molar-refractivity contribution in [3.8, 4) is 0 Å². The van der Waals surface area contributed by atoms with Crippen molar-refractivity contribution in [2.75, 3.05) is 0 Å². The van der Waals surface area contributed by atoms with Crippen LogP contribution in [-0.2, 0) is 0 Å². The highest BCUT2D eigenvalue weighted by atomic mass is 28.2. The Morgan fingerprint density at radius 3 is 1.27 bits per heavy atom. The molecule has 0 atom stereocenters. The maximum absolute atomic E-state index is 4.30. The SMILES string of the molecule is C=C([Si]c1ccc([Si]C(=C)c2ccccc2C)cc1)c1ccccc1C. The minimum absolute atomic E-state index is 0.601. The summed E-state index contributed by atoms with van der Waals surface area (Å²) in [5.41, 5.74) is 5.12. The summed E-state index contributed by atoms with van der Waals surface area (Å²) >= 11 is 0. The van der Waals surface area contributed by atoms with E-state index in [-0.39, 0.29) is 0 Å². The van der Waals surface area contributed by atoms with Gasteiger partial charge in [-0.1, -0.05) is 107 Å². The highest BCUT2D eigenvalue weighted by Crippen LogP contribution is 2.16. The van der Waals surface area contributed by atoms with Gasteiger partial charge in [-0.05, 0) is 36.1 Å². The second kappa shape index (κ2) is 8.30. The van der Waals surface area contributed by atoms with Crippen LogP contribution in [0.25, 0.3) is 10.4 Å². The fourth-order valence-electron chi connectivity index (χ4n) is 2.94. The van der Waals surface area contributed by atoms with Gasteiger partial charge in [-0.2, -0.15) is 0 Å². The number of benzene rings is 3. The van der Waals surface area contributed by atoms with Crippen LogP contribution < -0.4 is 10.4 Å². The van der Waals surface area contributed by atoms with E-state index in [1.165, 1.54) is 43.0 Å². The molecule has 3 aromatic carbocycles. The van der Waals surface area contributed by atoms with E-state index in [9.17, 15) is 0 Å². The normalized spacial score (nSPS) is 10.5. The summed E-state index contributed by atoms with van der Waals surface area (Å²) in [4.78, 5) is 0. The largest absolute Gasteiger partial charge is 0.121 e. The van der Waals surface area contributed by atoms with E-state index in [4.69, 9.17) is 0 Å². The van der Waals surface area contributed by atoms with E-state index in [1.807, 2.05) is 0 Å². The highest BCUT2D eigenvalue weighted by Gasteiger charge is 2.07. The predicted octanol–water partition coefficient (Wildman–Crippen LogP) is 4.30. The summed E-state index contributed by atoms with van der Waals surface area (Å²) in [7, 11) is 1.20. The predicted molar refractivity (Wildman–Crippen MR) is 118 cm³/mol. The lowest BCUT2D eigenvalue weighted by Gasteiger charge is -2.10. The molecule has 0 N–H and O–H groups in total. The Labute approximate surface area is 162 Å². The molecular weight excluding hydrogens is 344 g/mol. The topological polar surface area (TPSA) is 0 Å². The maximum Gasteiger partial charge on any atom is 0.121 e. The van der Waals surface area contributed by atoms with Crippen LogP contribution >= 0.6 is 0 Å². The van der Waals surface area contributed by atoms with E-state index in [0.29, 0.717) is 19.0 Å². The Kier molecular flexibility index (Phi) is 5.87. The molecule has 0 spiro atoms. The van der Waals surface area contributed by atoms with Crippen LogP contribution in [-0.4, -0.2) is 19.0 Å². The van der Waals surface area contributed by atoms with E-state index >= 15 is 0 Å². The molecule has 3 rings (SSSR count). The Morgan fingerprint density at radius 2 is 0.923 bits per heavy atom. The minimum Gasteiger partial charge on any atom is -0.0993 e. The van der Waals surface area contributed by atoms with E-state index in [2.05, 4.69) is 99.8 Å². The second-order valence-corrected chi connectivity index (χ2v) is 9.28. The molecule has 4 radical (unpaired) electrons. The van der Waals surface area contributed by atoms with Gasteiger partial charge in [0.1, 0.15) is 19.0 Å². The molecule has 0 aromatic heterocycles. The molecular formula is C24H22Si2. The van der Waals surface area contributed by atoms with Crippen molar-refractivity contribution in [3.63, 3.8) is 0 Å². The standard InChI is InChI=1S/C24H22Si2/c1-17-9-5-7-11-23(17)19(3)25-21-13-15-22(16-14-21)26-20(4)24-12-8-6-10-18(24)2/h5-16H,3-4H2,1-2H3. The average Bonchev–Trinajstić information content (AvgIpc) is 2.64. The summed E-state index contributed by atoms with van der Waals surface area (Å²) in [5.74, 6) is 0. The summed E-state index contributed by atoms with van der Waals surface area (Å²) in [5, 5.41) is 5.05. The van der Waals surface area contributed by atoms with Gasteiger partial charge in [0.25, 0.3) is 0 Å². The van der Waals surface area contributed by atoms with Crippen LogP contribution in [0, 0.1) is 13.8 Å². The molecule has 0 nitrogen and oxygen atoms in total. The molecule has 3 aromatic rings. The zero-order valence-corrected chi connectivity index (χ0v) is 17.3. The van der Waals surface area contributed by atoms with Crippen LogP contribution in [0.5, 0.6) is 0 Å². The molecule has 0 bridgehead atoms. The zero-order chi connectivity index (χ0) is 18.5. The van der Waals surface area contributed by atoms with Gasteiger partial charge in [0.05, 0.1) is 0 Å². The van der Waals surface area contributed by atoms with Crippen LogP contribution in [0.3, 0.4) is 0 Å². The first kappa shape index (κ1) is 18.4. The van der Waals surface area contributed by atoms with Crippen LogP contribution in [0.1, 0.15) is 22.3 Å². The molecule has 0 aliphatic heterocycles. The summed E-state index contributed by atoms with van der Waals surface area (Å²) in [6, 6.07) is 25.9. The van der Waals surface area contributed by atoms with Gasteiger partial charge >= 0.3 is 0 Å².